The molecule has 176 valence electrons. The number of amides is 3. The first-order valence-electron chi connectivity index (χ1n) is 11.0. The molecular weight excluding hydrogens is 406 g/mol. The molecule has 0 aliphatic carbocycles. The highest BCUT2D eigenvalue weighted by Gasteiger charge is 2.35. The summed E-state index contributed by atoms with van der Waals surface area (Å²) in [6.45, 7) is 12.5. The van der Waals surface area contributed by atoms with E-state index < -0.39 is 23.6 Å². The van der Waals surface area contributed by atoms with Crippen LogP contribution in [0.5, 0.6) is 0 Å². The molecular formula is C25H37N3O4. The lowest BCUT2D eigenvalue weighted by molar-refractivity contribution is -0.142. The van der Waals surface area contributed by atoms with E-state index in [1.54, 1.807) is 45.0 Å². The number of terminal acetylenes is 1. The number of benzene rings is 1. The Balaban J connectivity index is 3.27. The fourth-order valence-electron chi connectivity index (χ4n) is 3.39. The van der Waals surface area contributed by atoms with Crippen LogP contribution in [0.1, 0.15) is 78.5 Å². The Bertz CT molecular complexity index is 836. The van der Waals surface area contributed by atoms with Gasteiger partial charge in [0.1, 0.15) is 18.2 Å². The summed E-state index contributed by atoms with van der Waals surface area (Å²) in [7, 11) is 0. The first kappa shape index (κ1) is 27.0. The number of hydrogen-bond donors (Lipinski definition) is 2. The number of nitrogens with one attached hydrogen (secondary N) is 2. The molecule has 0 heterocycles. The van der Waals surface area contributed by atoms with Crippen molar-refractivity contribution in [1.29, 1.82) is 0 Å². The van der Waals surface area contributed by atoms with Crippen LogP contribution in [0.2, 0.25) is 0 Å². The zero-order chi connectivity index (χ0) is 24.5. The zero-order valence-corrected chi connectivity index (χ0v) is 20.3. The predicted molar refractivity (Wildman–Crippen MR) is 126 cm³/mol. The van der Waals surface area contributed by atoms with Gasteiger partial charge in [0.2, 0.25) is 11.8 Å². The quantitative estimate of drug-likeness (QED) is 0.569. The van der Waals surface area contributed by atoms with Gasteiger partial charge in [0, 0.05) is 17.6 Å². The van der Waals surface area contributed by atoms with Gasteiger partial charge in [-0.05, 0) is 59.6 Å². The molecule has 0 saturated carbocycles. The topological polar surface area (TPSA) is 87.7 Å². The van der Waals surface area contributed by atoms with Gasteiger partial charge in [-0.15, -0.1) is 6.42 Å². The molecule has 7 heteroatoms. The van der Waals surface area contributed by atoms with Crippen LogP contribution in [0, 0.1) is 12.3 Å². The van der Waals surface area contributed by atoms with E-state index in [2.05, 4.69) is 16.6 Å². The van der Waals surface area contributed by atoms with Crippen LogP contribution in [-0.4, -0.2) is 47.0 Å². The maximum absolute atomic E-state index is 13.4. The summed E-state index contributed by atoms with van der Waals surface area (Å²) in [4.78, 5) is 40.1. The third-order valence-corrected chi connectivity index (χ3v) is 4.67. The monoisotopic (exact) mass is 443 g/mol. The molecule has 0 aromatic heterocycles. The van der Waals surface area contributed by atoms with Crippen LogP contribution in [0.15, 0.2) is 24.3 Å². The highest BCUT2D eigenvalue weighted by molar-refractivity contribution is 5.91. The van der Waals surface area contributed by atoms with E-state index in [9.17, 15) is 14.4 Å². The second kappa shape index (κ2) is 12.1. The van der Waals surface area contributed by atoms with E-state index in [0.717, 1.165) is 12.8 Å². The Morgan fingerprint density at radius 1 is 1.16 bits per heavy atom. The SMILES string of the molecule is C#Cc1ccccc1C(C(=O)NC(C)CCC)N(C(=O)CNC(=O)OC(C)(C)C)C(C)C. The molecule has 0 radical (unpaired) electrons. The van der Waals surface area contributed by atoms with Crippen molar-refractivity contribution in [3.8, 4) is 12.3 Å². The summed E-state index contributed by atoms with van der Waals surface area (Å²) < 4.78 is 5.21. The lowest BCUT2D eigenvalue weighted by Crippen LogP contribution is -2.51. The predicted octanol–water partition coefficient (Wildman–Crippen LogP) is 3.78. The fraction of sp³-hybridized carbons (Fsp3) is 0.560. The second-order valence-electron chi connectivity index (χ2n) is 9.08. The minimum Gasteiger partial charge on any atom is -0.444 e. The number of carbonyl (C=O) groups excluding carboxylic acids is 3. The molecule has 0 bridgehead atoms. The van der Waals surface area contributed by atoms with Gasteiger partial charge in [-0.25, -0.2) is 4.79 Å². The second-order valence-corrected chi connectivity index (χ2v) is 9.08. The third kappa shape index (κ3) is 8.26. The molecule has 32 heavy (non-hydrogen) atoms. The number of hydrogen-bond acceptors (Lipinski definition) is 4. The van der Waals surface area contributed by atoms with E-state index >= 15 is 0 Å². The van der Waals surface area contributed by atoms with E-state index in [1.165, 1.54) is 4.90 Å². The molecule has 2 atom stereocenters. The highest BCUT2D eigenvalue weighted by Crippen LogP contribution is 2.27. The molecule has 2 unspecified atom stereocenters. The lowest BCUT2D eigenvalue weighted by atomic mass is 9.96. The first-order valence-corrected chi connectivity index (χ1v) is 11.0. The smallest absolute Gasteiger partial charge is 0.408 e. The van der Waals surface area contributed by atoms with Crippen molar-refractivity contribution in [3.63, 3.8) is 0 Å². The number of alkyl carbamates (subject to hydrolysis) is 1. The summed E-state index contributed by atoms with van der Waals surface area (Å²) in [5.41, 5.74) is 0.416. The molecule has 0 fully saturated rings. The summed E-state index contributed by atoms with van der Waals surface area (Å²) in [5.74, 6) is 1.88. The standard InChI is InChI=1S/C25H37N3O4/c1-9-13-18(5)27-23(30)22(20-15-12-11-14-19(20)10-2)28(17(3)4)21(29)16-26-24(31)32-25(6,7)8/h2,11-12,14-15,17-18,22H,9,13,16H2,1,3-8H3,(H,26,31)(H,27,30). The Morgan fingerprint density at radius 3 is 2.31 bits per heavy atom. The van der Waals surface area contributed by atoms with Gasteiger partial charge in [-0.1, -0.05) is 37.5 Å². The number of carbonyl (C=O) groups is 3. The molecule has 0 aliphatic heterocycles. The van der Waals surface area contributed by atoms with Crippen LogP contribution in [0.25, 0.3) is 0 Å². The number of nitrogens with zero attached hydrogens (tertiary/aromatic N) is 1. The normalized spacial score (nSPS) is 13.0. The molecule has 0 saturated heterocycles. The lowest BCUT2D eigenvalue weighted by Gasteiger charge is -2.35. The molecule has 1 rings (SSSR count). The van der Waals surface area contributed by atoms with Gasteiger partial charge in [0.05, 0.1) is 0 Å². The van der Waals surface area contributed by atoms with Gasteiger partial charge in [-0.3, -0.25) is 9.59 Å². The van der Waals surface area contributed by atoms with Crippen molar-refractivity contribution in [2.45, 2.75) is 85.0 Å². The molecule has 1 aromatic carbocycles. The van der Waals surface area contributed by atoms with Crippen molar-refractivity contribution < 1.29 is 19.1 Å². The highest BCUT2D eigenvalue weighted by atomic mass is 16.6. The molecule has 0 aliphatic rings. The Kier molecular flexibility index (Phi) is 10.2. The zero-order valence-electron chi connectivity index (χ0n) is 20.3. The van der Waals surface area contributed by atoms with Gasteiger partial charge in [0.15, 0.2) is 0 Å². The average Bonchev–Trinajstić information content (AvgIpc) is 2.68. The average molecular weight is 444 g/mol. The van der Waals surface area contributed by atoms with E-state index in [4.69, 9.17) is 11.2 Å². The minimum absolute atomic E-state index is 0.0583. The van der Waals surface area contributed by atoms with Crippen LogP contribution in [-0.2, 0) is 14.3 Å². The van der Waals surface area contributed by atoms with E-state index in [-0.39, 0.29) is 24.5 Å². The summed E-state index contributed by atoms with van der Waals surface area (Å²) in [6.07, 6.45) is 6.72. The molecule has 7 nitrogen and oxygen atoms in total. The number of rotatable bonds is 9. The van der Waals surface area contributed by atoms with Gasteiger partial charge >= 0.3 is 6.09 Å². The first-order chi connectivity index (χ1) is 14.9. The van der Waals surface area contributed by atoms with Crippen LogP contribution in [0.4, 0.5) is 4.79 Å². The summed E-state index contributed by atoms with van der Waals surface area (Å²) in [5, 5.41) is 5.49. The van der Waals surface area contributed by atoms with Crippen LogP contribution < -0.4 is 10.6 Å². The van der Waals surface area contributed by atoms with Gasteiger partial charge in [-0.2, -0.15) is 0 Å². The molecule has 0 spiro atoms. The molecule has 2 N–H and O–H groups in total. The Labute approximate surface area is 192 Å². The van der Waals surface area contributed by atoms with Crippen molar-refractivity contribution in [2.75, 3.05) is 6.54 Å². The fourth-order valence-corrected chi connectivity index (χ4v) is 3.39. The maximum Gasteiger partial charge on any atom is 0.408 e. The molecule has 3 amide bonds. The molecule has 1 aromatic rings. The Morgan fingerprint density at radius 2 is 1.78 bits per heavy atom. The Hall–Kier alpha value is -3.01. The minimum atomic E-state index is -0.936. The number of ether oxygens (including phenoxy) is 1. The van der Waals surface area contributed by atoms with Gasteiger partial charge in [0.25, 0.3) is 0 Å². The van der Waals surface area contributed by atoms with Crippen molar-refractivity contribution >= 4 is 17.9 Å². The van der Waals surface area contributed by atoms with E-state index in [1.807, 2.05) is 27.7 Å². The third-order valence-electron chi connectivity index (χ3n) is 4.67. The largest absolute Gasteiger partial charge is 0.444 e. The summed E-state index contributed by atoms with van der Waals surface area (Å²) in [6, 6.07) is 5.76. The van der Waals surface area contributed by atoms with E-state index in [0.29, 0.717) is 11.1 Å². The van der Waals surface area contributed by atoms with Crippen LogP contribution >= 0.6 is 0 Å². The van der Waals surface area contributed by atoms with Crippen molar-refractivity contribution in [2.24, 2.45) is 0 Å². The van der Waals surface area contributed by atoms with Crippen molar-refractivity contribution in [3.05, 3.63) is 35.4 Å². The van der Waals surface area contributed by atoms with Gasteiger partial charge < -0.3 is 20.3 Å². The maximum atomic E-state index is 13.4. The summed E-state index contributed by atoms with van der Waals surface area (Å²) >= 11 is 0. The van der Waals surface area contributed by atoms with Crippen molar-refractivity contribution in [1.82, 2.24) is 15.5 Å². The van der Waals surface area contributed by atoms with Crippen LogP contribution in [0.3, 0.4) is 0 Å².